The number of hydrogen-bond donors (Lipinski definition) is 1. The molecule has 0 radical (unpaired) electrons. The average Bonchev–Trinajstić information content (AvgIpc) is 3.22. The molecule has 0 bridgehead atoms. The topological polar surface area (TPSA) is 15.3 Å². The van der Waals surface area contributed by atoms with E-state index in [1.165, 1.54) is 61.8 Å². The number of nitrogens with zero attached hydrogens (tertiary/aromatic N) is 1. The molecule has 2 aromatic rings. The molecule has 2 heteroatoms. The summed E-state index contributed by atoms with van der Waals surface area (Å²) in [7, 11) is 0. The predicted octanol–water partition coefficient (Wildman–Crippen LogP) is 4.85. The molecule has 4 rings (SSSR count). The van der Waals surface area contributed by atoms with Crippen molar-refractivity contribution in [3.63, 3.8) is 0 Å². The third kappa shape index (κ3) is 3.96. The molecular weight excluding hydrogens is 304 g/mol. The molecule has 132 valence electrons. The fourth-order valence-electron chi connectivity index (χ4n) is 4.66. The maximum Gasteiger partial charge on any atom is 0.0246 e. The molecule has 1 aliphatic carbocycles. The van der Waals surface area contributed by atoms with Crippen LogP contribution in [0.5, 0.6) is 0 Å². The van der Waals surface area contributed by atoms with Gasteiger partial charge in [0, 0.05) is 25.2 Å². The van der Waals surface area contributed by atoms with Gasteiger partial charge in [0.05, 0.1) is 0 Å². The van der Waals surface area contributed by atoms with Gasteiger partial charge < -0.3 is 5.32 Å². The minimum atomic E-state index is 0.695. The summed E-state index contributed by atoms with van der Waals surface area (Å²) >= 11 is 0. The Morgan fingerprint density at radius 2 is 1.52 bits per heavy atom. The van der Waals surface area contributed by atoms with Gasteiger partial charge in [0.25, 0.3) is 0 Å². The van der Waals surface area contributed by atoms with E-state index in [1.807, 2.05) is 0 Å². The zero-order chi connectivity index (χ0) is 16.9. The Morgan fingerprint density at radius 1 is 0.800 bits per heavy atom. The second-order valence-electron chi connectivity index (χ2n) is 7.63. The third-order valence-electron chi connectivity index (χ3n) is 5.99. The highest BCUT2D eigenvalue weighted by Crippen LogP contribution is 2.31. The van der Waals surface area contributed by atoms with Gasteiger partial charge in [0.2, 0.25) is 0 Å². The number of hydrogen-bond acceptors (Lipinski definition) is 2. The van der Waals surface area contributed by atoms with Crippen LogP contribution in [0.15, 0.2) is 54.6 Å². The largest absolute Gasteiger partial charge is 0.315 e. The quantitative estimate of drug-likeness (QED) is 0.841. The van der Waals surface area contributed by atoms with Crippen molar-refractivity contribution >= 4 is 0 Å². The SMILES string of the molecule is c1ccc(-c2ccccc2CN(C2CCCC2)[C@H]2CCCNC2)cc1. The van der Waals surface area contributed by atoms with E-state index < -0.39 is 0 Å². The molecule has 1 heterocycles. The van der Waals surface area contributed by atoms with Gasteiger partial charge in [0.1, 0.15) is 0 Å². The summed E-state index contributed by atoms with van der Waals surface area (Å²) in [5.74, 6) is 0. The summed E-state index contributed by atoms with van der Waals surface area (Å²) in [5, 5.41) is 3.63. The molecule has 0 aromatic heterocycles. The molecule has 2 aromatic carbocycles. The van der Waals surface area contributed by atoms with Crippen molar-refractivity contribution in [2.24, 2.45) is 0 Å². The van der Waals surface area contributed by atoms with Crippen molar-refractivity contribution in [2.45, 2.75) is 57.2 Å². The van der Waals surface area contributed by atoms with Gasteiger partial charge in [0.15, 0.2) is 0 Å². The standard InChI is InChI=1S/C23H30N2/c1-2-9-19(10-3-1)23-15-7-4-11-20(23)18-25(21-12-5-6-13-21)22-14-8-16-24-17-22/h1-4,7,9-11,15,21-22,24H,5-6,8,12-14,16-18H2/t22-/m0/s1. The Hall–Kier alpha value is -1.64. The molecular formula is C23H30N2. The van der Waals surface area contributed by atoms with E-state index in [-0.39, 0.29) is 0 Å². The molecule has 1 saturated heterocycles. The molecule has 1 atom stereocenters. The highest BCUT2D eigenvalue weighted by atomic mass is 15.2. The highest BCUT2D eigenvalue weighted by Gasteiger charge is 2.30. The molecule has 2 aliphatic rings. The van der Waals surface area contributed by atoms with E-state index in [0.29, 0.717) is 6.04 Å². The van der Waals surface area contributed by atoms with Crippen LogP contribution in [0.25, 0.3) is 11.1 Å². The van der Waals surface area contributed by atoms with E-state index in [9.17, 15) is 0 Å². The van der Waals surface area contributed by atoms with E-state index in [4.69, 9.17) is 0 Å². The lowest BCUT2D eigenvalue weighted by Gasteiger charge is -2.39. The van der Waals surface area contributed by atoms with Gasteiger partial charge in [-0.25, -0.2) is 0 Å². The van der Waals surface area contributed by atoms with Crippen LogP contribution < -0.4 is 5.32 Å². The van der Waals surface area contributed by atoms with Crippen LogP contribution >= 0.6 is 0 Å². The first-order valence-corrected chi connectivity index (χ1v) is 10.0. The molecule has 0 amide bonds. The van der Waals surface area contributed by atoms with E-state index in [1.54, 1.807) is 0 Å². The number of piperidine rings is 1. The van der Waals surface area contributed by atoms with Gasteiger partial charge in [-0.05, 0) is 48.9 Å². The summed E-state index contributed by atoms with van der Waals surface area (Å²) < 4.78 is 0. The van der Waals surface area contributed by atoms with Crippen LogP contribution in [-0.2, 0) is 6.54 Å². The van der Waals surface area contributed by atoms with E-state index in [2.05, 4.69) is 64.8 Å². The summed E-state index contributed by atoms with van der Waals surface area (Å²) in [4.78, 5) is 2.83. The Balaban J connectivity index is 1.61. The minimum Gasteiger partial charge on any atom is -0.315 e. The fraction of sp³-hybridized carbons (Fsp3) is 0.478. The predicted molar refractivity (Wildman–Crippen MR) is 106 cm³/mol. The summed E-state index contributed by atoms with van der Waals surface area (Å²) in [6.45, 7) is 3.43. The van der Waals surface area contributed by atoms with E-state index in [0.717, 1.165) is 19.1 Å². The zero-order valence-corrected chi connectivity index (χ0v) is 15.2. The molecule has 2 fully saturated rings. The second kappa shape index (κ2) is 8.16. The normalized spacial score (nSPS) is 21.7. The van der Waals surface area contributed by atoms with Crippen LogP contribution in [0.4, 0.5) is 0 Å². The van der Waals surface area contributed by atoms with Crippen LogP contribution in [0, 0.1) is 0 Å². The highest BCUT2D eigenvalue weighted by molar-refractivity contribution is 5.67. The summed E-state index contributed by atoms with van der Waals surface area (Å²) in [6.07, 6.45) is 8.22. The lowest BCUT2D eigenvalue weighted by Crippen LogP contribution is -2.49. The summed E-state index contributed by atoms with van der Waals surface area (Å²) in [5.41, 5.74) is 4.22. The monoisotopic (exact) mass is 334 g/mol. The molecule has 25 heavy (non-hydrogen) atoms. The van der Waals surface area contributed by atoms with Crippen LogP contribution in [0.3, 0.4) is 0 Å². The Labute approximate surface area is 152 Å². The average molecular weight is 335 g/mol. The summed E-state index contributed by atoms with van der Waals surface area (Å²) in [6, 6.07) is 21.3. The molecule has 2 nitrogen and oxygen atoms in total. The maximum atomic E-state index is 3.63. The van der Waals surface area contributed by atoms with Gasteiger partial charge in [-0.1, -0.05) is 67.4 Å². The fourth-order valence-corrected chi connectivity index (χ4v) is 4.66. The number of nitrogens with one attached hydrogen (secondary N) is 1. The Bertz CT molecular complexity index is 655. The lowest BCUT2D eigenvalue weighted by atomic mass is 9.96. The second-order valence-corrected chi connectivity index (χ2v) is 7.63. The smallest absolute Gasteiger partial charge is 0.0246 e. The first-order chi connectivity index (χ1) is 12.4. The molecule has 1 saturated carbocycles. The van der Waals surface area contributed by atoms with Crippen molar-refractivity contribution in [2.75, 3.05) is 13.1 Å². The first kappa shape index (κ1) is 16.8. The van der Waals surface area contributed by atoms with Crippen molar-refractivity contribution in [1.29, 1.82) is 0 Å². The van der Waals surface area contributed by atoms with Crippen LogP contribution in [0.2, 0.25) is 0 Å². The van der Waals surface area contributed by atoms with Crippen molar-refractivity contribution in [1.82, 2.24) is 10.2 Å². The van der Waals surface area contributed by atoms with Gasteiger partial charge in [-0.3, -0.25) is 4.90 Å². The van der Waals surface area contributed by atoms with Crippen LogP contribution in [0.1, 0.15) is 44.1 Å². The van der Waals surface area contributed by atoms with Crippen molar-refractivity contribution < 1.29 is 0 Å². The third-order valence-corrected chi connectivity index (χ3v) is 5.99. The first-order valence-electron chi connectivity index (χ1n) is 10.0. The van der Waals surface area contributed by atoms with Gasteiger partial charge in [-0.15, -0.1) is 0 Å². The number of rotatable bonds is 5. The van der Waals surface area contributed by atoms with Gasteiger partial charge in [-0.2, -0.15) is 0 Å². The van der Waals surface area contributed by atoms with Gasteiger partial charge >= 0.3 is 0 Å². The van der Waals surface area contributed by atoms with E-state index >= 15 is 0 Å². The lowest BCUT2D eigenvalue weighted by molar-refractivity contribution is 0.106. The Kier molecular flexibility index (Phi) is 5.49. The molecule has 0 spiro atoms. The zero-order valence-electron chi connectivity index (χ0n) is 15.2. The molecule has 1 aliphatic heterocycles. The minimum absolute atomic E-state index is 0.695. The van der Waals surface area contributed by atoms with Crippen molar-refractivity contribution in [3.05, 3.63) is 60.2 Å². The van der Waals surface area contributed by atoms with Crippen LogP contribution in [-0.4, -0.2) is 30.1 Å². The Morgan fingerprint density at radius 3 is 2.28 bits per heavy atom. The molecule has 0 unspecified atom stereocenters. The number of benzene rings is 2. The maximum absolute atomic E-state index is 3.63. The molecule has 1 N–H and O–H groups in total. The van der Waals surface area contributed by atoms with Crippen molar-refractivity contribution in [3.8, 4) is 11.1 Å².